The molecule has 0 aliphatic carbocycles. The predicted octanol–water partition coefficient (Wildman–Crippen LogP) is 5.88. The van der Waals surface area contributed by atoms with Gasteiger partial charge in [0.2, 0.25) is 0 Å². The van der Waals surface area contributed by atoms with Crippen LogP contribution >= 0.6 is 22.7 Å². The normalized spacial score (nSPS) is 10.8. The Morgan fingerprint density at radius 1 is 0.913 bits per heavy atom. The van der Waals surface area contributed by atoms with E-state index in [4.69, 9.17) is 0 Å². The molecule has 0 saturated carbocycles. The lowest BCUT2D eigenvalue weighted by Crippen LogP contribution is -2.10. The van der Waals surface area contributed by atoms with Crippen molar-refractivity contribution >= 4 is 44.4 Å². The van der Waals surface area contributed by atoms with Gasteiger partial charge in [0.05, 0.1) is 4.88 Å². The van der Waals surface area contributed by atoms with Crippen molar-refractivity contribution in [2.24, 2.45) is 0 Å². The van der Waals surface area contributed by atoms with Gasteiger partial charge in [0, 0.05) is 20.8 Å². The molecule has 2 aromatic carbocycles. The first-order chi connectivity index (χ1) is 11.3. The first kappa shape index (κ1) is 14.2. The minimum atomic E-state index is -0.0600. The zero-order valence-electron chi connectivity index (χ0n) is 12.2. The lowest BCUT2D eigenvalue weighted by molar-refractivity contribution is 0.103. The van der Waals surface area contributed by atoms with Gasteiger partial charge in [-0.2, -0.15) is 0 Å². The molecule has 0 fully saturated rings. The number of hydrogen-bond donors (Lipinski definition) is 1. The average Bonchev–Trinajstić information content (AvgIpc) is 3.25. The lowest BCUT2D eigenvalue weighted by Gasteiger charge is -2.08. The summed E-state index contributed by atoms with van der Waals surface area (Å²) < 4.78 is 1.13. The number of carbonyl (C=O) groups is 1. The van der Waals surface area contributed by atoms with Crippen molar-refractivity contribution < 1.29 is 4.79 Å². The van der Waals surface area contributed by atoms with Crippen LogP contribution < -0.4 is 5.32 Å². The largest absolute Gasteiger partial charge is 0.321 e. The number of amides is 1. The zero-order chi connectivity index (χ0) is 15.6. The van der Waals surface area contributed by atoms with Crippen molar-refractivity contribution in [1.82, 2.24) is 0 Å². The fraction of sp³-hybridized carbons (Fsp3) is 0. The van der Waals surface area contributed by atoms with E-state index in [2.05, 4.69) is 11.4 Å². The van der Waals surface area contributed by atoms with Crippen molar-refractivity contribution in [2.45, 2.75) is 0 Å². The molecule has 2 aromatic heterocycles. The van der Waals surface area contributed by atoms with Crippen LogP contribution in [-0.4, -0.2) is 5.91 Å². The molecule has 0 aliphatic rings. The van der Waals surface area contributed by atoms with Gasteiger partial charge >= 0.3 is 0 Å². The second kappa shape index (κ2) is 5.99. The minimum Gasteiger partial charge on any atom is -0.321 e. The Bertz CT molecular complexity index is 937. The van der Waals surface area contributed by atoms with E-state index in [-0.39, 0.29) is 5.91 Å². The number of benzene rings is 2. The minimum absolute atomic E-state index is 0.0600. The number of para-hydroxylation sites is 1. The van der Waals surface area contributed by atoms with Crippen LogP contribution in [0.25, 0.3) is 20.5 Å². The smallest absolute Gasteiger partial charge is 0.265 e. The van der Waals surface area contributed by atoms with Gasteiger partial charge in [0.15, 0.2) is 0 Å². The van der Waals surface area contributed by atoms with Gasteiger partial charge in [-0.1, -0.05) is 42.5 Å². The van der Waals surface area contributed by atoms with E-state index in [0.29, 0.717) is 0 Å². The third-order valence-corrected chi connectivity index (χ3v) is 5.63. The topological polar surface area (TPSA) is 29.1 Å². The molecule has 0 saturated heterocycles. The molecule has 4 heteroatoms. The highest BCUT2D eigenvalue weighted by Crippen LogP contribution is 2.32. The SMILES string of the molecule is O=C(Nc1ccccc1-c1cccs1)c1cc2ccccc2s1. The van der Waals surface area contributed by atoms with E-state index in [0.717, 1.165) is 31.1 Å². The van der Waals surface area contributed by atoms with Gasteiger partial charge in [0.1, 0.15) is 0 Å². The lowest BCUT2D eigenvalue weighted by atomic mass is 10.1. The van der Waals surface area contributed by atoms with E-state index in [9.17, 15) is 4.79 Å². The third kappa shape index (κ3) is 2.79. The third-order valence-electron chi connectivity index (χ3n) is 3.61. The first-order valence-electron chi connectivity index (χ1n) is 7.24. The number of rotatable bonds is 3. The summed E-state index contributed by atoms with van der Waals surface area (Å²) >= 11 is 3.19. The summed E-state index contributed by atoms with van der Waals surface area (Å²) in [5, 5.41) is 6.20. The molecule has 0 aliphatic heterocycles. The van der Waals surface area contributed by atoms with E-state index >= 15 is 0 Å². The summed E-state index contributed by atoms with van der Waals surface area (Å²) in [5.41, 5.74) is 1.90. The molecule has 2 nitrogen and oxygen atoms in total. The van der Waals surface area contributed by atoms with Gasteiger partial charge in [-0.15, -0.1) is 22.7 Å². The Kier molecular flexibility index (Phi) is 3.69. The van der Waals surface area contributed by atoms with Crippen LogP contribution in [0.4, 0.5) is 5.69 Å². The molecule has 1 N–H and O–H groups in total. The Morgan fingerprint density at radius 2 is 1.74 bits per heavy atom. The van der Waals surface area contributed by atoms with Crippen molar-refractivity contribution in [3.8, 4) is 10.4 Å². The quantitative estimate of drug-likeness (QED) is 0.497. The Balaban J connectivity index is 1.67. The number of anilines is 1. The van der Waals surface area contributed by atoms with Gasteiger partial charge < -0.3 is 5.32 Å². The van der Waals surface area contributed by atoms with Gasteiger partial charge in [-0.25, -0.2) is 0 Å². The summed E-state index contributed by atoms with van der Waals surface area (Å²) in [4.78, 5) is 14.5. The molecule has 0 spiro atoms. The number of fused-ring (bicyclic) bond motifs is 1. The van der Waals surface area contributed by atoms with Crippen LogP contribution in [-0.2, 0) is 0 Å². The standard InChI is InChI=1S/C19H13NOS2/c21-19(18-12-13-6-1-4-9-16(13)23-18)20-15-8-3-2-7-14(15)17-10-5-11-22-17/h1-12H,(H,20,21). The highest BCUT2D eigenvalue weighted by Gasteiger charge is 2.13. The van der Waals surface area contributed by atoms with Crippen LogP contribution in [0, 0.1) is 0 Å². The summed E-state index contributed by atoms with van der Waals surface area (Å²) in [5.74, 6) is -0.0600. The van der Waals surface area contributed by atoms with Crippen molar-refractivity contribution in [1.29, 1.82) is 0 Å². The van der Waals surface area contributed by atoms with Crippen molar-refractivity contribution in [3.63, 3.8) is 0 Å². The maximum absolute atomic E-state index is 12.6. The summed E-state index contributed by atoms with van der Waals surface area (Å²) in [6.07, 6.45) is 0. The molecule has 4 aromatic rings. The van der Waals surface area contributed by atoms with Gasteiger partial charge in [-0.05, 0) is 35.0 Å². The predicted molar refractivity (Wildman–Crippen MR) is 99.5 cm³/mol. The molecule has 0 unspecified atom stereocenters. The Morgan fingerprint density at radius 3 is 2.57 bits per heavy atom. The van der Waals surface area contributed by atoms with Crippen LogP contribution in [0.5, 0.6) is 0 Å². The molecule has 0 bridgehead atoms. The van der Waals surface area contributed by atoms with E-state index in [1.54, 1.807) is 11.3 Å². The fourth-order valence-electron chi connectivity index (χ4n) is 2.52. The van der Waals surface area contributed by atoms with Crippen LogP contribution in [0.1, 0.15) is 9.67 Å². The highest BCUT2D eigenvalue weighted by molar-refractivity contribution is 7.20. The van der Waals surface area contributed by atoms with Crippen LogP contribution in [0.3, 0.4) is 0 Å². The summed E-state index contributed by atoms with van der Waals surface area (Å²) in [6, 6.07) is 22.0. The average molecular weight is 335 g/mol. The molecular formula is C19H13NOS2. The van der Waals surface area contributed by atoms with E-state index < -0.39 is 0 Å². The fourth-order valence-corrected chi connectivity index (χ4v) is 4.24. The number of hydrogen-bond acceptors (Lipinski definition) is 3. The second-order valence-electron chi connectivity index (χ2n) is 5.13. The van der Waals surface area contributed by atoms with Crippen LogP contribution in [0.15, 0.2) is 72.1 Å². The number of nitrogens with one attached hydrogen (secondary N) is 1. The molecule has 112 valence electrons. The van der Waals surface area contributed by atoms with Crippen molar-refractivity contribution in [3.05, 3.63) is 77.0 Å². The van der Waals surface area contributed by atoms with E-state index in [1.165, 1.54) is 11.3 Å². The van der Waals surface area contributed by atoms with Gasteiger partial charge in [0.25, 0.3) is 5.91 Å². The molecule has 4 rings (SSSR count). The molecular weight excluding hydrogens is 322 g/mol. The second-order valence-corrected chi connectivity index (χ2v) is 7.16. The Hall–Kier alpha value is -2.43. The van der Waals surface area contributed by atoms with Crippen LogP contribution in [0.2, 0.25) is 0 Å². The molecule has 0 radical (unpaired) electrons. The summed E-state index contributed by atoms with van der Waals surface area (Å²) in [6.45, 7) is 0. The number of carbonyl (C=O) groups excluding carboxylic acids is 1. The summed E-state index contributed by atoms with van der Waals surface area (Å²) in [7, 11) is 0. The van der Waals surface area contributed by atoms with E-state index in [1.807, 2.05) is 66.0 Å². The molecule has 23 heavy (non-hydrogen) atoms. The Labute approximate surface area is 142 Å². The maximum Gasteiger partial charge on any atom is 0.265 e. The zero-order valence-corrected chi connectivity index (χ0v) is 13.8. The first-order valence-corrected chi connectivity index (χ1v) is 8.94. The number of thiophene rings is 2. The highest BCUT2D eigenvalue weighted by atomic mass is 32.1. The monoisotopic (exact) mass is 335 g/mol. The van der Waals surface area contributed by atoms with Crippen molar-refractivity contribution in [2.75, 3.05) is 5.32 Å². The molecule has 1 amide bonds. The molecule has 0 atom stereocenters. The maximum atomic E-state index is 12.6. The molecule has 2 heterocycles. The van der Waals surface area contributed by atoms with Gasteiger partial charge in [-0.3, -0.25) is 4.79 Å².